The predicted octanol–water partition coefficient (Wildman–Crippen LogP) is 2.39. The van der Waals surface area contributed by atoms with E-state index in [9.17, 15) is 24.3 Å². The van der Waals surface area contributed by atoms with Gasteiger partial charge in [0.1, 0.15) is 12.6 Å². The van der Waals surface area contributed by atoms with E-state index in [0.717, 1.165) is 5.56 Å². The number of piperidine rings is 1. The maximum atomic E-state index is 12.9. The van der Waals surface area contributed by atoms with E-state index in [4.69, 9.17) is 4.84 Å². The summed E-state index contributed by atoms with van der Waals surface area (Å²) in [7, 11) is 0. The normalized spacial score (nSPS) is 27.6. The van der Waals surface area contributed by atoms with Crippen molar-refractivity contribution in [3.63, 3.8) is 0 Å². The zero-order valence-corrected chi connectivity index (χ0v) is 21.0. The Kier molecular flexibility index (Phi) is 7.12. The van der Waals surface area contributed by atoms with Gasteiger partial charge in [-0.05, 0) is 43.1 Å². The summed E-state index contributed by atoms with van der Waals surface area (Å²) >= 11 is 0. The van der Waals surface area contributed by atoms with E-state index in [0.29, 0.717) is 38.6 Å². The number of carboxylic acid groups (broad SMARTS) is 1. The summed E-state index contributed by atoms with van der Waals surface area (Å²) < 4.78 is 0. The third-order valence-electron chi connectivity index (χ3n) is 7.81. The quantitative estimate of drug-likeness (QED) is 0.441. The van der Waals surface area contributed by atoms with E-state index in [1.54, 1.807) is 0 Å². The fourth-order valence-corrected chi connectivity index (χ4v) is 5.55. The van der Waals surface area contributed by atoms with Gasteiger partial charge < -0.3 is 15.3 Å². The number of nitrogens with zero attached hydrogens (tertiary/aromatic N) is 2. The molecule has 11 nitrogen and oxygen atoms in total. The van der Waals surface area contributed by atoms with Crippen LogP contribution in [-0.2, 0) is 21.0 Å². The van der Waals surface area contributed by atoms with Gasteiger partial charge in [-0.25, -0.2) is 9.59 Å². The minimum absolute atomic E-state index is 0.120. The van der Waals surface area contributed by atoms with Gasteiger partial charge in [0.05, 0.1) is 6.04 Å². The predicted molar refractivity (Wildman–Crippen MR) is 129 cm³/mol. The maximum Gasteiger partial charge on any atom is 0.405 e. The molecule has 2 saturated heterocycles. The molecule has 2 heterocycles. The zero-order valence-electron chi connectivity index (χ0n) is 21.0. The second kappa shape index (κ2) is 9.96. The van der Waals surface area contributed by atoms with Crippen molar-refractivity contribution in [2.24, 2.45) is 11.3 Å². The van der Waals surface area contributed by atoms with Gasteiger partial charge in [0.15, 0.2) is 0 Å². The zero-order chi connectivity index (χ0) is 26.1. The molecule has 4 N–H and O–H groups in total. The fourth-order valence-electron chi connectivity index (χ4n) is 5.55. The number of carbonyl (C=O) groups excluding carboxylic acids is 3. The first-order chi connectivity index (χ1) is 17.0. The highest BCUT2D eigenvalue weighted by atomic mass is 16.7. The van der Waals surface area contributed by atoms with Crippen molar-refractivity contribution in [1.82, 2.24) is 26.1 Å². The van der Waals surface area contributed by atoms with Crippen molar-refractivity contribution in [3.8, 4) is 0 Å². The average Bonchev–Trinajstić information content (AvgIpc) is 3.36. The van der Waals surface area contributed by atoms with E-state index < -0.39 is 29.5 Å². The Morgan fingerprint density at radius 2 is 1.78 bits per heavy atom. The average molecular weight is 502 g/mol. The summed E-state index contributed by atoms with van der Waals surface area (Å²) in [6, 6.07) is 8.36. The first kappa shape index (κ1) is 25.7. The molecule has 1 aromatic rings. The highest BCUT2D eigenvalue weighted by Gasteiger charge is 2.51. The fraction of sp³-hybridized carbons (Fsp3) is 0.600. The van der Waals surface area contributed by atoms with Crippen molar-refractivity contribution in [3.05, 3.63) is 35.9 Å². The number of fused-ring (bicyclic) bond motifs is 2. The third kappa shape index (κ3) is 5.11. The molecular formula is C25H35N5O6. The Morgan fingerprint density at radius 1 is 1.08 bits per heavy atom. The number of carbonyl (C=O) groups is 4. The Balaban J connectivity index is 1.30. The number of hydroxylamine groups is 2. The van der Waals surface area contributed by atoms with E-state index in [2.05, 4.69) is 16.2 Å². The Hall–Kier alpha value is -3.34. The molecule has 36 heavy (non-hydrogen) atoms. The van der Waals surface area contributed by atoms with Gasteiger partial charge in [0.2, 0.25) is 5.91 Å². The van der Waals surface area contributed by atoms with Gasteiger partial charge in [-0.1, -0.05) is 51.1 Å². The molecule has 1 saturated carbocycles. The number of hydrogen-bond donors (Lipinski definition) is 4. The Bertz CT molecular complexity index is 1010. The lowest BCUT2D eigenvalue weighted by Gasteiger charge is -2.42. The van der Waals surface area contributed by atoms with Crippen LogP contribution in [0.2, 0.25) is 0 Å². The Morgan fingerprint density at radius 3 is 2.44 bits per heavy atom. The van der Waals surface area contributed by atoms with Crippen LogP contribution in [0.5, 0.6) is 0 Å². The largest absolute Gasteiger partial charge is 0.465 e. The third-order valence-corrected chi connectivity index (χ3v) is 7.81. The van der Waals surface area contributed by atoms with Crippen LogP contribution in [0.1, 0.15) is 58.4 Å². The van der Waals surface area contributed by atoms with Gasteiger partial charge in [0.25, 0.3) is 5.91 Å². The topological polar surface area (TPSA) is 140 Å². The molecule has 1 aromatic carbocycles. The lowest BCUT2D eigenvalue weighted by Crippen LogP contribution is -2.56. The summed E-state index contributed by atoms with van der Waals surface area (Å²) in [5, 5.41) is 13.3. The van der Waals surface area contributed by atoms with Crippen molar-refractivity contribution in [1.29, 1.82) is 0 Å². The minimum Gasteiger partial charge on any atom is -0.465 e. The second-order valence-electron chi connectivity index (χ2n) is 10.9. The van der Waals surface area contributed by atoms with Crippen LogP contribution in [0.15, 0.2) is 30.3 Å². The molecule has 2 bridgehead atoms. The lowest BCUT2D eigenvalue weighted by atomic mass is 9.72. The van der Waals surface area contributed by atoms with Gasteiger partial charge >= 0.3 is 12.1 Å². The summed E-state index contributed by atoms with van der Waals surface area (Å²) in [6.45, 7) is 6.49. The van der Waals surface area contributed by atoms with Crippen LogP contribution < -0.4 is 16.2 Å². The molecule has 3 fully saturated rings. The second-order valence-corrected chi connectivity index (χ2v) is 10.9. The molecule has 5 amide bonds. The van der Waals surface area contributed by atoms with Crippen molar-refractivity contribution >= 4 is 23.9 Å². The molecule has 4 atom stereocenters. The van der Waals surface area contributed by atoms with Crippen LogP contribution in [0.25, 0.3) is 0 Å². The highest BCUT2D eigenvalue weighted by molar-refractivity contribution is 5.90. The molecule has 0 radical (unpaired) electrons. The van der Waals surface area contributed by atoms with E-state index >= 15 is 0 Å². The monoisotopic (exact) mass is 501 g/mol. The SMILES string of the molecule is CC(C)(C)C1(NC(=O)O)CC[C@H](C(=O)NNC(=O)[C@@H]2CC[C@@H]3CN2C(=O)N3OCc2ccccc2)C1. The smallest absolute Gasteiger partial charge is 0.405 e. The molecular weight excluding hydrogens is 466 g/mol. The highest BCUT2D eigenvalue weighted by Crippen LogP contribution is 2.46. The molecule has 4 rings (SSSR count). The molecule has 2 aliphatic heterocycles. The minimum atomic E-state index is -1.12. The molecule has 1 unspecified atom stereocenters. The van der Waals surface area contributed by atoms with Crippen LogP contribution in [-0.4, -0.2) is 63.2 Å². The first-order valence-electron chi connectivity index (χ1n) is 12.4. The van der Waals surface area contributed by atoms with Crippen LogP contribution in [0, 0.1) is 11.3 Å². The number of amides is 5. The number of hydrazine groups is 1. The molecule has 1 aliphatic carbocycles. The summed E-state index contributed by atoms with van der Waals surface area (Å²) in [4.78, 5) is 57.3. The molecule has 196 valence electrons. The van der Waals surface area contributed by atoms with Crippen LogP contribution in [0.4, 0.5) is 9.59 Å². The van der Waals surface area contributed by atoms with Crippen molar-refractivity contribution in [2.75, 3.05) is 6.54 Å². The molecule has 11 heteroatoms. The van der Waals surface area contributed by atoms with E-state index in [-0.39, 0.29) is 30.0 Å². The summed E-state index contributed by atoms with van der Waals surface area (Å²) in [5.74, 6) is -1.26. The molecule has 3 aliphatic rings. The Labute approximate surface area is 210 Å². The van der Waals surface area contributed by atoms with Crippen LogP contribution >= 0.6 is 0 Å². The van der Waals surface area contributed by atoms with Gasteiger partial charge in [0, 0.05) is 18.0 Å². The van der Waals surface area contributed by atoms with Gasteiger partial charge in [-0.2, -0.15) is 5.06 Å². The molecule has 0 aromatic heterocycles. The van der Waals surface area contributed by atoms with Gasteiger partial charge in [-0.15, -0.1) is 0 Å². The standard InChI is InChI=1S/C25H35N5O6/c1-24(2,3)25(26-22(33)34)12-11-17(13-25)20(31)27-28-21(32)19-10-9-18-14-29(19)23(35)30(18)36-15-16-7-5-4-6-8-16/h4-8,17-19,26H,9-15H2,1-3H3,(H,27,31)(H,28,32)(H,33,34)/t17-,18+,19-,25?/m0/s1. The maximum absolute atomic E-state index is 12.9. The number of benzene rings is 1. The summed E-state index contributed by atoms with van der Waals surface area (Å²) in [6.07, 6.45) is 1.33. The van der Waals surface area contributed by atoms with E-state index in [1.165, 1.54) is 9.96 Å². The number of nitrogens with one attached hydrogen (secondary N) is 3. The van der Waals surface area contributed by atoms with Crippen molar-refractivity contribution in [2.45, 2.75) is 77.1 Å². The first-order valence-corrected chi connectivity index (χ1v) is 12.4. The van der Waals surface area contributed by atoms with Gasteiger partial charge in [-0.3, -0.25) is 25.3 Å². The molecule has 0 spiro atoms. The van der Waals surface area contributed by atoms with Crippen molar-refractivity contribution < 1.29 is 29.1 Å². The van der Waals surface area contributed by atoms with Crippen LogP contribution in [0.3, 0.4) is 0 Å². The van der Waals surface area contributed by atoms with E-state index in [1.807, 2.05) is 51.1 Å². The number of rotatable bonds is 6. The number of urea groups is 1. The summed E-state index contributed by atoms with van der Waals surface area (Å²) in [5.41, 5.74) is 4.82. The lowest BCUT2D eigenvalue weighted by molar-refractivity contribution is -0.140. The number of hydrogen-bond acceptors (Lipinski definition) is 5.